The minimum Gasteiger partial charge on any atom is -0.349 e. The van der Waals surface area contributed by atoms with Crippen molar-refractivity contribution in [1.82, 2.24) is 19.7 Å². The van der Waals surface area contributed by atoms with Crippen molar-refractivity contribution in [3.63, 3.8) is 0 Å². The quantitative estimate of drug-likeness (QED) is 0.525. The molecule has 0 fully saturated rings. The largest absolute Gasteiger partial charge is 0.349 e. The fourth-order valence-electron chi connectivity index (χ4n) is 3.21. The van der Waals surface area contributed by atoms with E-state index in [1.165, 1.54) is 11.6 Å². The maximum atomic E-state index is 13.0. The maximum Gasteiger partial charge on any atom is 0.291 e. The molecule has 3 aromatic heterocycles. The summed E-state index contributed by atoms with van der Waals surface area (Å²) in [6.45, 7) is 3.65. The highest BCUT2D eigenvalue weighted by atomic mass is 16.1. The molecule has 4 aromatic rings. The Balaban J connectivity index is 1.93. The Morgan fingerprint density at radius 1 is 1.07 bits per heavy atom. The van der Waals surface area contributed by atoms with E-state index < -0.39 is 0 Å². The smallest absolute Gasteiger partial charge is 0.291 e. The molecule has 0 radical (unpaired) electrons. The van der Waals surface area contributed by atoms with Crippen LogP contribution in [0.4, 0.5) is 11.4 Å². The van der Waals surface area contributed by atoms with Gasteiger partial charge in [-0.15, -0.1) is 0 Å². The minimum atomic E-state index is -0.363. The summed E-state index contributed by atoms with van der Waals surface area (Å²) in [5.74, 6) is -0.244. The number of pyridine rings is 2. The van der Waals surface area contributed by atoms with Crippen molar-refractivity contribution >= 4 is 28.2 Å². The normalized spacial score (nSPS) is 10.8. The second-order valence-electron chi connectivity index (χ2n) is 6.53. The molecule has 29 heavy (non-hydrogen) atoms. The lowest BCUT2D eigenvalue weighted by Gasteiger charge is -2.16. The molecule has 1 N–H and O–H groups in total. The first-order valence-electron chi connectivity index (χ1n) is 9.27. The zero-order chi connectivity index (χ0) is 20.4. The highest BCUT2D eigenvalue weighted by Gasteiger charge is 2.22. The van der Waals surface area contributed by atoms with Crippen LogP contribution in [0.25, 0.3) is 22.3 Å². The van der Waals surface area contributed by atoms with Gasteiger partial charge in [0.1, 0.15) is 11.4 Å². The third-order valence-corrected chi connectivity index (χ3v) is 4.58. The van der Waals surface area contributed by atoms with Gasteiger partial charge in [0, 0.05) is 18.3 Å². The molecule has 7 nitrogen and oxygen atoms in total. The van der Waals surface area contributed by atoms with E-state index in [9.17, 15) is 9.59 Å². The Kier molecular flexibility index (Phi) is 4.87. The summed E-state index contributed by atoms with van der Waals surface area (Å²) in [6.07, 6.45) is 3.30. The van der Waals surface area contributed by atoms with E-state index in [1.807, 2.05) is 49.4 Å². The number of nitrogens with zero attached hydrogens (tertiary/aromatic N) is 4. The van der Waals surface area contributed by atoms with Crippen molar-refractivity contribution < 1.29 is 4.79 Å². The molecule has 0 bridgehead atoms. The Hall–Kier alpha value is -3.87. The molecule has 0 amide bonds. The number of carbonyl (C=O) groups excluding carboxylic acids is 1. The molecule has 1 aromatic carbocycles. The number of fused-ring (bicyclic) bond motifs is 1. The molecule has 144 valence electrons. The first-order valence-corrected chi connectivity index (χ1v) is 9.27. The Morgan fingerprint density at radius 3 is 2.59 bits per heavy atom. The average Bonchev–Trinajstić information content (AvgIpc) is 2.75. The molecule has 0 aliphatic rings. The summed E-state index contributed by atoms with van der Waals surface area (Å²) in [5.41, 5.74) is 3.32. The molecule has 4 rings (SSSR count). The lowest BCUT2D eigenvalue weighted by Crippen LogP contribution is -2.28. The summed E-state index contributed by atoms with van der Waals surface area (Å²) in [4.78, 5) is 34.3. The monoisotopic (exact) mass is 385 g/mol. The summed E-state index contributed by atoms with van der Waals surface area (Å²) in [6, 6.07) is 14.8. The molecule has 0 aliphatic carbocycles. The van der Waals surface area contributed by atoms with Crippen molar-refractivity contribution in [2.45, 2.75) is 20.4 Å². The fraction of sp³-hybridized carbons (Fsp3) is 0.136. The van der Waals surface area contributed by atoms with E-state index in [-0.39, 0.29) is 22.6 Å². The van der Waals surface area contributed by atoms with Crippen molar-refractivity contribution in [1.29, 1.82) is 0 Å². The number of nitrogens with one attached hydrogen (secondary N) is 1. The van der Waals surface area contributed by atoms with E-state index in [2.05, 4.69) is 20.4 Å². The van der Waals surface area contributed by atoms with Crippen LogP contribution in [-0.4, -0.2) is 25.5 Å². The van der Waals surface area contributed by atoms with Crippen LogP contribution in [0.2, 0.25) is 0 Å². The third-order valence-electron chi connectivity index (χ3n) is 4.58. The Morgan fingerprint density at radius 2 is 1.86 bits per heavy atom. The van der Waals surface area contributed by atoms with Gasteiger partial charge in [-0.25, -0.2) is 4.68 Å². The van der Waals surface area contributed by atoms with Crippen LogP contribution in [-0.2, 0) is 6.54 Å². The zero-order valence-electron chi connectivity index (χ0n) is 16.1. The number of carbonyl (C=O) groups is 1. The molecular weight excluding hydrogens is 366 g/mol. The fourth-order valence-corrected chi connectivity index (χ4v) is 3.21. The predicted molar refractivity (Wildman–Crippen MR) is 112 cm³/mol. The molecule has 0 unspecified atom stereocenters. The molecule has 0 saturated heterocycles. The number of aryl methyl sites for hydroxylation is 1. The van der Waals surface area contributed by atoms with Crippen LogP contribution >= 0.6 is 0 Å². The summed E-state index contributed by atoms with van der Waals surface area (Å²) in [5, 5.41) is 7.55. The van der Waals surface area contributed by atoms with E-state index in [4.69, 9.17) is 0 Å². The second-order valence-corrected chi connectivity index (χ2v) is 6.53. The zero-order valence-corrected chi connectivity index (χ0v) is 16.1. The lowest BCUT2D eigenvalue weighted by atomic mass is 10.0. The highest BCUT2D eigenvalue weighted by molar-refractivity contribution is 6.05. The van der Waals surface area contributed by atoms with Crippen LogP contribution < -0.4 is 10.9 Å². The number of aromatic nitrogens is 4. The van der Waals surface area contributed by atoms with E-state index in [0.717, 1.165) is 11.1 Å². The number of anilines is 2. The summed E-state index contributed by atoms with van der Waals surface area (Å²) >= 11 is 0. The van der Waals surface area contributed by atoms with Gasteiger partial charge in [0.05, 0.1) is 28.5 Å². The Bertz CT molecular complexity index is 1270. The van der Waals surface area contributed by atoms with Crippen LogP contribution in [0.3, 0.4) is 0 Å². The molecule has 7 heteroatoms. The average molecular weight is 385 g/mol. The van der Waals surface area contributed by atoms with Crippen LogP contribution in [0, 0.1) is 0 Å². The van der Waals surface area contributed by atoms with Crippen LogP contribution in [0.5, 0.6) is 0 Å². The molecule has 0 aliphatic heterocycles. The molecule has 0 saturated carbocycles. The number of Topliss-reactive ketones (excluding diaryl/α,β-unsaturated/α-hetero) is 1. The lowest BCUT2D eigenvalue weighted by molar-refractivity contribution is 0.101. The SMILES string of the molecule is CCn1nc(-c2ccccc2)c(C(C)=O)c(Nc2cnc3cccnc3c2)c1=O. The molecule has 0 spiro atoms. The Labute approximate surface area is 167 Å². The van der Waals surface area contributed by atoms with Gasteiger partial charge in [-0.2, -0.15) is 5.10 Å². The van der Waals surface area contributed by atoms with Gasteiger partial charge >= 0.3 is 0 Å². The van der Waals surface area contributed by atoms with E-state index >= 15 is 0 Å². The second kappa shape index (κ2) is 7.63. The minimum absolute atomic E-state index is 0.185. The molecular formula is C22H19N5O2. The van der Waals surface area contributed by atoms with E-state index in [0.29, 0.717) is 23.4 Å². The number of hydrogen-bond donors (Lipinski definition) is 1. The maximum absolute atomic E-state index is 13.0. The van der Waals surface area contributed by atoms with Crippen molar-refractivity contribution in [3.05, 3.63) is 76.8 Å². The van der Waals surface area contributed by atoms with Crippen LogP contribution in [0.1, 0.15) is 24.2 Å². The number of rotatable bonds is 5. The first kappa shape index (κ1) is 18.5. The van der Waals surface area contributed by atoms with Gasteiger partial charge in [0.25, 0.3) is 5.56 Å². The predicted octanol–water partition coefficient (Wildman–Crippen LogP) is 3.82. The summed E-state index contributed by atoms with van der Waals surface area (Å²) < 4.78 is 1.35. The third kappa shape index (κ3) is 3.50. The van der Waals surface area contributed by atoms with Crippen molar-refractivity contribution in [2.24, 2.45) is 0 Å². The van der Waals surface area contributed by atoms with Gasteiger partial charge in [-0.1, -0.05) is 30.3 Å². The number of benzene rings is 1. The molecule has 3 heterocycles. The van der Waals surface area contributed by atoms with Crippen molar-refractivity contribution in [3.8, 4) is 11.3 Å². The van der Waals surface area contributed by atoms with Gasteiger partial charge in [-0.3, -0.25) is 19.6 Å². The highest BCUT2D eigenvalue weighted by Crippen LogP contribution is 2.28. The van der Waals surface area contributed by atoms with Gasteiger partial charge in [0.15, 0.2) is 5.78 Å². The standard InChI is InChI=1S/C22H19N5O2/c1-3-27-22(29)21(25-16-12-18-17(24-13-16)10-7-11-23-18)19(14(2)28)20(26-27)15-8-5-4-6-9-15/h4-13,25H,3H2,1-2H3. The van der Waals surface area contributed by atoms with Crippen LogP contribution in [0.15, 0.2) is 65.7 Å². The number of hydrogen-bond acceptors (Lipinski definition) is 6. The summed E-state index contributed by atoms with van der Waals surface area (Å²) in [7, 11) is 0. The van der Waals surface area contributed by atoms with Gasteiger partial charge in [0.2, 0.25) is 0 Å². The van der Waals surface area contributed by atoms with Gasteiger partial charge < -0.3 is 5.32 Å². The molecule has 0 atom stereocenters. The topological polar surface area (TPSA) is 89.8 Å². The first-order chi connectivity index (χ1) is 14.1. The van der Waals surface area contributed by atoms with Crippen molar-refractivity contribution in [2.75, 3.05) is 5.32 Å². The van der Waals surface area contributed by atoms with Gasteiger partial charge in [-0.05, 0) is 32.0 Å². The van der Waals surface area contributed by atoms with E-state index in [1.54, 1.807) is 18.5 Å². The number of ketones is 1.